The molecule has 0 radical (unpaired) electrons. The lowest BCUT2D eigenvalue weighted by molar-refractivity contribution is -0.123. The fraction of sp³-hybridized carbons (Fsp3) is 0.150. The van der Waals surface area contributed by atoms with Crippen LogP contribution in [0.15, 0.2) is 42.0 Å². The first-order chi connectivity index (χ1) is 13.4. The van der Waals surface area contributed by atoms with E-state index >= 15 is 0 Å². The molecule has 2 aromatic carbocycles. The molecule has 1 saturated heterocycles. The minimum Gasteiger partial charge on any atom is -0.494 e. The molecule has 144 valence electrons. The number of ether oxygens (including phenoxy) is 1. The summed E-state index contributed by atoms with van der Waals surface area (Å²) in [6, 6.07) is 8.49. The van der Waals surface area contributed by atoms with Crippen LogP contribution < -0.4 is 15.4 Å². The van der Waals surface area contributed by atoms with Crippen molar-refractivity contribution in [2.45, 2.75) is 13.3 Å². The van der Waals surface area contributed by atoms with E-state index in [1.807, 2.05) is 10.6 Å². The Kier molecular flexibility index (Phi) is 5.75. The number of halogens is 2. The van der Waals surface area contributed by atoms with Gasteiger partial charge in [-0.2, -0.15) is 0 Å². The van der Waals surface area contributed by atoms with Crippen LogP contribution in [0.5, 0.6) is 5.75 Å². The zero-order chi connectivity index (χ0) is 20.3. The molecule has 6 nitrogen and oxygen atoms in total. The maximum atomic E-state index is 13.5. The summed E-state index contributed by atoms with van der Waals surface area (Å²) >= 11 is 6.42. The molecule has 2 aromatic rings. The minimum atomic E-state index is -0.870. The van der Waals surface area contributed by atoms with Crippen molar-refractivity contribution in [2.24, 2.45) is 0 Å². The van der Waals surface area contributed by atoms with E-state index in [2.05, 4.69) is 0 Å². The summed E-state index contributed by atoms with van der Waals surface area (Å²) < 4.78 is 19.1. The number of nitrogens with one attached hydrogen (secondary N) is 2. The second-order valence-electron chi connectivity index (χ2n) is 6.01. The van der Waals surface area contributed by atoms with Crippen molar-refractivity contribution >= 4 is 35.5 Å². The normalized spacial score (nSPS) is 13.8. The molecule has 0 bridgehead atoms. The van der Waals surface area contributed by atoms with Crippen LogP contribution in [0.3, 0.4) is 0 Å². The molecule has 1 aliphatic rings. The van der Waals surface area contributed by atoms with Crippen LogP contribution in [0.1, 0.15) is 23.6 Å². The van der Waals surface area contributed by atoms with E-state index in [0.717, 1.165) is 5.56 Å². The topological polar surface area (TPSA) is 84.5 Å². The molecule has 28 heavy (non-hydrogen) atoms. The molecule has 1 heterocycles. The van der Waals surface area contributed by atoms with Crippen molar-refractivity contribution < 1.29 is 23.5 Å². The number of carbonyl (C=O) groups is 3. The number of hydrogen-bond acceptors (Lipinski definition) is 4. The number of carbonyl (C=O) groups excluding carboxylic acids is 3. The number of imide groups is 2. The quantitative estimate of drug-likeness (QED) is 0.594. The van der Waals surface area contributed by atoms with Gasteiger partial charge in [0.2, 0.25) is 0 Å². The summed E-state index contributed by atoms with van der Waals surface area (Å²) in [7, 11) is 0. The van der Waals surface area contributed by atoms with Crippen LogP contribution in [0.2, 0.25) is 5.02 Å². The second kappa shape index (κ2) is 8.22. The highest BCUT2D eigenvalue weighted by molar-refractivity contribution is 6.32. The smallest absolute Gasteiger partial charge is 0.328 e. The Hall–Kier alpha value is -3.19. The maximum Gasteiger partial charge on any atom is 0.328 e. The molecule has 8 heteroatoms. The molecule has 0 spiro atoms. The highest BCUT2D eigenvalue weighted by atomic mass is 35.5. The number of barbiturate groups is 1. The zero-order valence-corrected chi connectivity index (χ0v) is 15.6. The molecular weight excluding hydrogens is 387 g/mol. The van der Waals surface area contributed by atoms with Crippen LogP contribution in [0.4, 0.5) is 9.18 Å². The van der Waals surface area contributed by atoms with Gasteiger partial charge < -0.3 is 4.74 Å². The van der Waals surface area contributed by atoms with E-state index in [4.69, 9.17) is 16.3 Å². The molecule has 0 aromatic heterocycles. The lowest BCUT2D eigenvalue weighted by atomic mass is 10.0. The fourth-order valence-electron chi connectivity index (χ4n) is 2.79. The maximum absolute atomic E-state index is 13.5. The third-order valence-electron chi connectivity index (χ3n) is 4.00. The van der Waals surface area contributed by atoms with E-state index in [9.17, 15) is 18.8 Å². The number of amides is 4. The van der Waals surface area contributed by atoms with Gasteiger partial charge in [-0.05, 0) is 48.4 Å². The number of rotatable bonds is 5. The van der Waals surface area contributed by atoms with E-state index in [0.29, 0.717) is 34.9 Å². The van der Waals surface area contributed by atoms with E-state index in [1.54, 1.807) is 31.2 Å². The van der Waals surface area contributed by atoms with Crippen LogP contribution in [-0.2, 0) is 16.0 Å². The second-order valence-corrected chi connectivity index (χ2v) is 6.42. The van der Waals surface area contributed by atoms with Gasteiger partial charge in [0.25, 0.3) is 11.8 Å². The molecular formula is C20H16ClFN2O4. The van der Waals surface area contributed by atoms with Crippen molar-refractivity contribution in [3.63, 3.8) is 0 Å². The molecule has 1 aliphatic heterocycles. The lowest BCUT2D eigenvalue weighted by Gasteiger charge is -2.16. The molecule has 1 fully saturated rings. The predicted octanol–water partition coefficient (Wildman–Crippen LogP) is 3.22. The van der Waals surface area contributed by atoms with Gasteiger partial charge in [-0.15, -0.1) is 0 Å². The summed E-state index contributed by atoms with van der Waals surface area (Å²) in [5.41, 5.74) is 1.60. The molecule has 2 N–H and O–H groups in total. The van der Waals surface area contributed by atoms with Gasteiger partial charge in [0.05, 0.1) is 6.61 Å². The number of benzene rings is 2. The van der Waals surface area contributed by atoms with E-state index in [1.165, 1.54) is 18.2 Å². The van der Waals surface area contributed by atoms with Gasteiger partial charge in [0.1, 0.15) is 17.1 Å². The van der Waals surface area contributed by atoms with E-state index in [-0.39, 0.29) is 11.4 Å². The van der Waals surface area contributed by atoms with Crippen LogP contribution in [0.25, 0.3) is 6.08 Å². The van der Waals surface area contributed by atoms with Crippen LogP contribution in [0, 0.1) is 5.82 Å². The Morgan fingerprint density at radius 1 is 1.11 bits per heavy atom. The third-order valence-corrected chi connectivity index (χ3v) is 4.34. The van der Waals surface area contributed by atoms with Gasteiger partial charge in [0, 0.05) is 17.0 Å². The van der Waals surface area contributed by atoms with Gasteiger partial charge >= 0.3 is 6.03 Å². The molecule has 0 unspecified atom stereocenters. The van der Waals surface area contributed by atoms with Crippen LogP contribution in [-0.4, -0.2) is 24.5 Å². The summed E-state index contributed by atoms with van der Waals surface area (Å²) in [6.07, 6.45) is 1.66. The van der Waals surface area contributed by atoms with Gasteiger partial charge in [-0.3, -0.25) is 20.2 Å². The van der Waals surface area contributed by atoms with Crippen molar-refractivity contribution in [1.82, 2.24) is 10.6 Å². The van der Waals surface area contributed by atoms with Gasteiger partial charge in [0.15, 0.2) is 0 Å². The molecule has 0 atom stereocenters. The van der Waals surface area contributed by atoms with Crippen molar-refractivity contribution in [2.75, 3.05) is 6.61 Å². The summed E-state index contributed by atoms with van der Waals surface area (Å²) in [5, 5.41) is 4.35. The first-order valence-electron chi connectivity index (χ1n) is 8.45. The predicted molar refractivity (Wildman–Crippen MR) is 101 cm³/mol. The molecule has 0 aliphatic carbocycles. The Bertz CT molecular complexity index is 982. The highest BCUT2D eigenvalue weighted by Crippen LogP contribution is 2.32. The van der Waals surface area contributed by atoms with Crippen molar-refractivity contribution in [1.29, 1.82) is 0 Å². The monoisotopic (exact) mass is 402 g/mol. The Morgan fingerprint density at radius 3 is 2.46 bits per heavy atom. The molecule has 0 saturated carbocycles. The Morgan fingerprint density at radius 2 is 1.82 bits per heavy atom. The number of hydrogen-bond donors (Lipinski definition) is 2. The van der Waals surface area contributed by atoms with Crippen molar-refractivity contribution in [3.05, 3.63) is 69.5 Å². The molecule has 4 amide bonds. The highest BCUT2D eigenvalue weighted by Gasteiger charge is 2.27. The van der Waals surface area contributed by atoms with Gasteiger partial charge in [-0.25, -0.2) is 9.18 Å². The lowest BCUT2D eigenvalue weighted by Crippen LogP contribution is -2.51. The number of urea groups is 1. The standard InChI is InChI=1S/C20H16ClFN2O4/c1-2-28-17-10-12(8-15-18(25)23-20(27)24-19(15)26)9-16(21)14(17)7-11-4-3-5-13(22)6-11/h3-6,8-10H,2,7H2,1H3,(H2,23,24,25,26,27). The average Bonchev–Trinajstić information content (AvgIpc) is 2.61. The summed E-state index contributed by atoms with van der Waals surface area (Å²) in [4.78, 5) is 34.9. The first-order valence-corrected chi connectivity index (χ1v) is 8.83. The Balaban J connectivity index is 1.99. The Labute approximate surface area is 165 Å². The largest absolute Gasteiger partial charge is 0.494 e. The third kappa shape index (κ3) is 4.37. The SMILES string of the molecule is CCOc1cc(C=C2C(=O)NC(=O)NC2=O)cc(Cl)c1Cc1cccc(F)c1. The van der Waals surface area contributed by atoms with Crippen molar-refractivity contribution in [3.8, 4) is 5.75 Å². The fourth-order valence-corrected chi connectivity index (χ4v) is 3.08. The average molecular weight is 403 g/mol. The first kappa shape index (κ1) is 19.6. The summed E-state index contributed by atoms with van der Waals surface area (Å²) in [6.45, 7) is 2.17. The minimum absolute atomic E-state index is 0.226. The van der Waals surface area contributed by atoms with Crippen LogP contribution >= 0.6 is 11.6 Å². The summed E-state index contributed by atoms with van der Waals surface area (Å²) in [5.74, 6) is -1.49. The zero-order valence-electron chi connectivity index (χ0n) is 14.8. The molecule has 3 rings (SSSR count). The van der Waals surface area contributed by atoms with E-state index < -0.39 is 17.8 Å². The van der Waals surface area contributed by atoms with Gasteiger partial charge in [-0.1, -0.05) is 23.7 Å².